The molecule has 6 heteroatoms. The largest absolute Gasteiger partial charge is 0.466 e. The Kier molecular flexibility index (Phi) is 3.18. The third kappa shape index (κ3) is 2.13. The second kappa shape index (κ2) is 5.04. The van der Waals surface area contributed by atoms with Gasteiger partial charge in [-0.1, -0.05) is 12.1 Å². The molecule has 1 aromatic carbocycles. The molecule has 1 aliphatic rings. The minimum atomic E-state index is -1.19. The molecule has 6 nitrogen and oxygen atoms in total. The fraction of sp³-hybridized carbons (Fsp3) is 0.188. The summed E-state index contributed by atoms with van der Waals surface area (Å²) in [7, 11) is 0. The molecule has 110 valence electrons. The molecule has 3 amide bonds. The van der Waals surface area contributed by atoms with E-state index in [-0.39, 0.29) is 12.5 Å². The van der Waals surface area contributed by atoms with Crippen molar-refractivity contribution >= 4 is 11.9 Å². The van der Waals surface area contributed by atoms with E-state index in [1.54, 1.807) is 43.3 Å². The molecule has 1 atom stereocenters. The van der Waals surface area contributed by atoms with E-state index in [0.29, 0.717) is 11.3 Å². The number of carbonyl (C=O) groups excluding carboxylic acids is 2. The number of imide groups is 1. The Morgan fingerprint density at radius 3 is 2.59 bits per heavy atom. The number of carbonyl (C=O) groups is 2. The Hall–Kier alpha value is -3.07. The normalized spacial score (nSPS) is 20.8. The minimum Gasteiger partial charge on any atom is -0.466 e. The predicted octanol–water partition coefficient (Wildman–Crippen LogP) is 2.12. The van der Waals surface area contributed by atoms with Gasteiger partial charge in [0.25, 0.3) is 5.91 Å². The average molecular weight is 295 g/mol. The van der Waals surface area contributed by atoms with Crippen LogP contribution in [0.5, 0.6) is 0 Å². The van der Waals surface area contributed by atoms with Crippen molar-refractivity contribution in [2.24, 2.45) is 0 Å². The van der Waals surface area contributed by atoms with Gasteiger partial charge in [0.05, 0.1) is 24.4 Å². The van der Waals surface area contributed by atoms with Crippen molar-refractivity contribution in [1.82, 2.24) is 10.2 Å². The fourth-order valence-electron chi connectivity index (χ4n) is 2.44. The number of nitrogens with zero attached hydrogens (tertiary/aromatic N) is 2. The van der Waals surface area contributed by atoms with Gasteiger partial charge in [-0.15, -0.1) is 0 Å². The van der Waals surface area contributed by atoms with Gasteiger partial charge < -0.3 is 9.73 Å². The summed E-state index contributed by atoms with van der Waals surface area (Å²) >= 11 is 0. The predicted molar refractivity (Wildman–Crippen MR) is 76.3 cm³/mol. The maximum atomic E-state index is 12.6. The number of furan rings is 1. The van der Waals surface area contributed by atoms with Crippen LogP contribution in [0.4, 0.5) is 4.79 Å². The zero-order valence-corrected chi connectivity index (χ0v) is 11.9. The first kappa shape index (κ1) is 13.9. The van der Waals surface area contributed by atoms with E-state index in [2.05, 4.69) is 5.32 Å². The molecule has 0 bridgehead atoms. The zero-order valence-electron chi connectivity index (χ0n) is 11.9. The lowest BCUT2D eigenvalue weighted by Crippen LogP contribution is -2.40. The molecular formula is C16H13N3O3. The Labute approximate surface area is 126 Å². The summed E-state index contributed by atoms with van der Waals surface area (Å²) in [4.78, 5) is 25.9. The highest BCUT2D eigenvalue weighted by Crippen LogP contribution is 2.29. The summed E-state index contributed by atoms with van der Waals surface area (Å²) in [5.41, 5.74) is 0.111. The molecular weight excluding hydrogens is 282 g/mol. The van der Waals surface area contributed by atoms with E-state index in [9.17, 15) is 9.59 Å². The third-order valence-corrected chi connectivity index (χ3v) is 3.71. The summed E-state index contributed by atoms with van der Waals surface area (Å²) in [5, 5.41) is 11.4. The van der Waals surface area contributed by atoms with E-state index in [1.165, 1.54) is 6.26 Å². The first-order chi connectivity index (χ1) is 10.5. The molecule has 22 heavy (non-hydrogen) atoms. The minimum absolute atomic E-state index is 0.146. The number of nitriles is 1. The Balaban J connectivity index is 1.84. The molecule has 0 unspecified atom stereocenters. The molecule has 1 saturated heterocycles. The van der Waals surface area contributed by atoms with Crippen LogP contribution in [0, 0.1) is 11.3 Å². The van der Waals surface area contributed by atoms with Crippen LogP contribution in [0.1, 0.15) is 23.8 Å². The highest BCUT2D eigenvalue weighted by molar-refractivity contribution is 6.06. The van der Waals surface area contributed by atoms with Crippen molar-refractivity contribution in [2.45, 2.75) is 19.0 Å². The number of hydrogen-bond donors (Lipinski definition) is 1. The first-order valence-corrected chi connectivity index (χ1v) is 6.72. The van der Waals surface area contributed by atoms with Crippen LogP contribution in [-0.4, -0.2) is 16.8 Å². The topological polar surface area (TPSA) is 86.3 Å². The van der Waals surface area contributed by atoms with Gasteiger partial charge in [-0.05, 0) is 36.8 Å². The fourth-order valence-corrected chi connectivity index (χ4v) is 2.44. The quantitative estimate of drug-likeness (QED) is 0.879. The Bertz CT molecular complexity index is 759. The van der Waals surface area contributed by atoms with E-state index in [4.69, 9.17) is 9.68 Å². The third-order valence-electron chi connectivity index (χ3n) is 3.71. The molecule has 1 fully saturated rings. The van der Waals surface area contributed by atoms with Crippen LogP contribution in [0.2, 0.25) is 0 Å². The van der Waals surface area contributed by atoms with Crippen LogP contribution >= 0.6 is 0 Å². The van der Waals surface area contributed by atoms with Gasteiger partial charge in [-0.2, -0.15) is 5.26 Å². The summed E-state index contributed by atoms with van der Waals surface area (Å²) in [6, 6.07) is 11.6. The lowest BCUT2D eigenvalue weighted by molar-refractivity contribution is -0.132. The summed E-state index contributed by atoms with van der Waals surface area (Å²) < 4.78 is 5.27. The zero-order chi connectivity index (χ0) is 15.7. The number of nitrogens with one attached hydrogen (secondary N) is 1. The molecule has 0 aliphatic carbocycles. The SMILES string of the molecule is C[C@]1(c2ccco2)NC(=O)N(Cc2ccc(C#N)cc2)C1=O. The number of urea groups is 1. The second-order valence-electron chi connectivity index (χ2n) is 5.23. The first-order valence-electron chi connectivity index (χ1n) is 6.72. The summed E-state index contributed by atoms with van der Waals surface area (Å²) in [6.07, 6.45) is 1.46. The van der Waals surface area contributed by atoms with Gasteiger partial charge in [0.15, 0.2) is 5.54 Å². The highest BCUT2D eigenvalue weighted by Gasteiger charge is 2.50. The number of rotatable bonds is 3. The smallest absolute Gasteiger partial charge is 0.325 e. The van der Waals surface area contributed by atoms with Crippen molar-refractivity contribution < 1.29 is 14.0 Å². The van der Waals surface area contributed by atoms with Crippen molar-refractivity contribution in [3.63, 3.8) is 0 Å². The lowest BCUT2D eigenvalue weighted by Gasteiger charge is -2.19. The molecule has 0 spiro atoms. The lowest BCUT2D eigenvalue weighted by atomic mass is 9.99. The molecule has 1 aromatic heterocycles. The number of hydrogen-bond acceptors (Lipinski definition) is 4. The van der Waals surface area contributed by atoms with Gasteiger partial charge in [-0.3, -0.25) is 9.69 Å². The van der Waals surface area contributed by atoms with Crippen LogP contribution in [0.15, 0.2) is 47.1 Å². The van der Waals surface area contributed by atoms with Gasteiger partial charge in [0, 0.05) is 0 Å². The number of benzene rings is 1. The second-order valence-corrected chi connectivity index (χ2v) is 5.23. The molecule has 3 rings (SSSR count). The molecule has 2 heterocycles. The number of amides is 3. The highest BCUT2D eigenvalue weighted by atomic mass is 16.3. The van der Waals surface area contributed by atoms with E-state index >= 15 is 0 Å². The average Bonchev–Trinajstić information content (AvgIpc) is 3.13. The van der Waals surface area contributed by atoms with Gasteiger partial charge in [0.2, 0.25) is 0 Å². The molecule has 0 saturated carbocycles. The summed E-state index contributed by atoms with van der Waals surface area (Å²) in [5.74, 6) is 0.0324. The molecule has 1 aliphatic heterocycles. The van der Waals surface area contributed by atoms with E-state index in [1.807, 2.05) is 6.07 Å². The maximum absolute atomic E-state index is 12.6. The molecule has 2 aromatic rings. The molecule has 1 N–H and O–H groups in total. The van der Waals surface area contributed by atoms with Crippen molar-refractivity contribution in [3.8, 4) is 6.07 Å². The van der Waals surface area contributed by atoms with Crippen LogP contribution in [0.3, 0.4) is 0 Å². The van der Waals surface area contributed by atoms with Gasteiger partial charge in [-0.25, -0.2) is 4.79 Å². The standard InChI is InChI=1S/C16H13N3O3/c1-16(13-3-2-8-22-13)14(20)19(15(21)18-16)10-12-6-4-11(9-17)5-7-12/h2-8H,10H2,1H3,(H,18,21)/t16-/m1/s1. The van der Waals surface area contributed by atoms with Crippen LogP contribution < -0.4 is 5.32 Å². The Morgan fingerprint density at radius 2 is 2.00 bits per heavy atom. The Morgan fingerprint density at radius 1 is 1.27 bits per heavy atom. The van der Waals surface area contributed by atoms with Crippen LogP contribution in [-0.2, 0) is 16.9 Å². The van der Waals surface area contributed by atoms with Crippen LogP contribution in [0.25, 0.3) is 0 Å². The van der Waals surface area contributed by atoms with E-state index in [0.717, 1.165) is 10.5 Å². The summed E-state index contributed by atoms with van der Waals surface area (Å²) in [6.45, 7) is 1.76. The monoisotopic (exact) mass is 295 g/mol. The van der Waals surface area contributed by atoms with E-state index < -0.39 is 11.6 Å². The van der Waals surface area contributed by atoms with Crippen molar-refractivity contribution in [3.05, 3.63) is 59.5 Å². The molecule has 0 radical (unpaired) electrons. The van der Waals surface area contributed by atoms with Crippen molar-refractivity contribution in [1.29, 1.82) is 5.26 Å². The van der Waals surface area contributed by atoms with Crippen molar-refractivity contribution in [2.75, 3.05) is 0 Å². The maximum Gasteiger partial charge on any atom is 0.325 e. The van der Waals surface area contributed by atoms with Gasteiger partial charge >= 0.3 is 6.03 Å². The van der Waals surface area contributed by atoms with Gasteiger partial charge in [0.1, 0.15) is 5.76 Å².